The number of rotatable bonds is 8. The van der Waals surface area contributed by atoms with E-state index < -0.39 is 32.8 Å². The van der Waals surface area contributed by atoms with E-state index in [9.17, 15) is 16.8 Å². The summed E-state index contributed by atoms with van der Waals surface area (Å²) >= 11 is 5.74. The van der Waals surface area contributed by atoms with Crippen LogP contribution in [-0.2, 0) is 25.9 Å². The Morgan fingerprint density at radius 3 is 1.57 bits per heavy atom. The molecule has 3 aromatic rings. The third kappa shape index (κ3) is 4.73. The van der Waals surface area contributed by atoms with E-state index in [0.29, 0.717) is 0 Å². The molecule has 5 nitrogen and oxygen atoms in total. The number of sulfonamides is 2. The molecule has 30 heavy (non-hydrogen) atoms. The summed E-state index contributed by atoms with van der Waals surface area (Å²) in [6.45, 7) is -0.894. The fourth-order valence-electron chi connectivity index (χ4n) is 2.80. The van der Waals surface area contributed by atoms with Crippen molar-refractivity contribution in [3.05, 3.63) is 96.1 Å². The van der Waals surface area contributed by atoms with Gasteiger partial charge < -0.3 is 0 Å². The van der Waals surface area contributed by atoms with E-state index >= 15 is 4.39 Å². The van der Waals surface area contributed by atoms with Crippen molar-refractivity contribution >= 4 is 31.6 Å². The number of alkyl halides is 2. The minimum atomic E-state index is -4.54. The quantitative estimate of drug-likeness (QED) is 0.457. The Morgan fingerprint density at radius 2 is 1.17 bits per heavy atom. The van der Waals surface area contributed by atoms with Gasteiger partial charge in [-0.15, -0.1) is 11.6 Å². The number of hydrogen-bond acceptors (Lipinski definition) is 4. The molecule has 0 bridgehead atoms. The minimum absolute atomic E-state index is 0.153. The Morgan fingerprint density at radius 1 is 0.733 bits per heavy atom. The SMILES string of the molecule is O=S(=O)(c1ccccc1)N(CC(F)c1ccc(CCl)cc1)S(=O)(=O)c1ccccc1. The van der Waals surface area contributed by atoms with E-state index in [4.69, 9.17) is 11.6 Å². The van der Waals surface area contributed by atoms with E-state index in [2.05, 4.69) is 0 Å². The standard InChI is InChI=1S/C21H19ClFNO4S2/c22-15-17-11-13-18(14-12-17)21(23)16-24(29(25,26)19-7-3-1-4-8-19)30(27,28)20-9-5-2-6-10-20/h1-14,21H,15-16H2. The molecule has 9 heteroatoms. The molecule has 0 aliphatic carbocycles. The molecule has 0 heterocycles. The van der Waals surface area contributed by atoms with Crippen molar-refractivity contribution in [2.45, 2.75) is 21.8 Å². The molecule has 0 aliphatic rings. The maximum atomic E-state index is 15.1. The van der Waals surface area contributed by atoms with E-state index in [1.807, 2.05) is 0 Å². The molecular weight excluding hydrogens is 449 g/mol. The Kier molecular flexibility index (Phi) is 6.92. The molecule has 0 saturated carbocycles. The van der Waals surface area contributed by atoms with Crippen LogP contribution in [0.5, 0.6) is 0 Å². The molecule has 0 aromatic heterocycles. The Bertz CT molecular complexity index is 1120. The number of hydrogen-bond donors (Lipinski definition) is 0. The lowest BCUT2D eigenvalue weighted by Crippen LogP contribution is -2.39. The van der Waals surface area contributed by atoms with Gasteiger partial charge in [-0.25, -0.2) is 21.2 Å². The van der Waals surface area contributed by atoms with Gasteiger partial charge in [-0.2, -0.15) is 0 Å². The van der Waals surface area contributed by atoms with Crippen LogP contribution in [0.4, 0.5) is 4.39 Å². The molecule has 1 atom stereocenters. The van der Waals surface area contributed by atoms with Crippen molar-refractivity contribution < 1.29 is 21.2 Å². The minimum Gasteiger partial charge on any atom is -0.241 e. The predicted octanol–water partition coefficient (Wildman–Crippen LogP) is 4.52. The average Bonchev–Trinajstić information content (AvgIpc) is 2.78. The van der Waals surface area contributed by atoms with Gasteiger partial charge in [0.2, 0.25) is 0 Å². The summed E-state index contributed by atoms with van der Waals surface area (Å²) in [6, 6.07) is 20.3. The first-order valence-electron chi connectivity index (χ1n) is 8.93. The van der Waals surface area contributed by atoms with Crippen LogP contribution in [0.15, 0.2) is 94.7 Å². The van der Waals surface area contributed by atoms with Crippen LogP contribution < -0.4 is 0 Å². The van der Waals surface area contributed by atoms with Gasteiger partial charge in [0.15, 0.2) is 0 Å². The highest BCUT2D eigenvalue weighted by Gasteiger charge is 2.38. The first-order chi connectivity index (χ1) is 14.3. The maximum absolute atomic E-state index is 15.1. The van der Waals surface area contributed by atoms with Crippen LogP contribution in [0.1, 0.15) is 17.3 Å². The lowest BCUT2D eigenvalue weighted by molar-refractivity contribution is 0.308. The average molecular weight is 468 g/mol. The molecule has 0 saturated heterocycles. The second-order valence-corrected chi connectivity index (χ2v) is 10.7. The Hall–Kier alpha value is -2.26. The van der Waals surface area contributed by atoms with Crippen LogP contribution in [0.25, 0.3) is 0 Å². The molecule has 0 amide bonds. The number of halogens is 2. The fourth-order valence-corrected chi connectivity index (χ4v) is 6.65. The van der Waals surface area contributed by atoms with Crippen molar-refractivity contribution in [3.63, 3.8) is 0 Å². The maximum Gasteiger partial charge on any atom is 0.256 e. The van der Waals surface area contributed by atoms with Crippen molar-refractivity contribution in [1.82, 2.24) is 3.71 Å². The normalized spacial score (nSPS) is 13.3. The van der Waals surface area contributed by atoms with Gasteiger partial charge in [0.25, 0.3) is 20.0 Å². The summed E-state index contributed by atoms with van der Waals surface area (Å²) in [4.78, 5) is -0.483. The zero-order valence-corrected chi connectivity index (χ0v) is 18.1. The third-order valence-corrected chi connectivity index (χ3v) is 9.02. The van der Waals surface area contributed by atoms with Gasteiger partial charge in [-0.1, -0.05) is 64.4 Å². The van der Waals surface area contributed by atoms with Crippen LogP contribution >= 0.6 is 11.6 Å². The zero-order chi connectivity index (χ0) is 21.8. The second kappa shape index (κ2) is 9.26. The van der Waals surface area contributed by atoms with E-state index in [1.165, 1.54) is 60.7 Å². The lowest BCUT2D eigenvalue weighted by Gasteiger charge is -2.24. The third-order valence-electron chi connectivity index (χ3n) is 4.42. The summed E-state index contributed by atoms with van der Waals surface area (Å²) in [5.41, 5.74) is 0.915. The molecule has 0 N–H and O–H groups in total. The number of benzene rings is 3. The Balaban J connectivity index is 2.05. The van der Waals surface area contributed by atoms with E-state index in [1.54, 1.807) is 24.3 Å². The van der Waals surface area contributed by atoms with Gasteiger partial charge >= 0.3 is 0 Å². The summed E-state index contributed by atoms with van der Waals surface area (Å²) < 4.78 is 68.1. The molecular formula is C21H19ClFNO4S2. The molecule has 3 aromatic carbocycles. The summed E-state index contributed by atoms with van der Waals surface area (Å²) in [7, 11) is -9.08. The molecule has 3 rings (SSSR count). The van der Waals surface area contributed by atoms with Gasteiger partial charge in [0.05, 0.1) is 16.3 Å². The van der Waals surface area contributed by atoms with Gasteiger partial charge in [0, 0.05) is 5.88 Å². The summed E-state index contributed by atoms with van der Waals surface area (Å²) in [5.74, 6) is 0.244. The highest BCUT2D eigenvalue weighted by atomic mass is 35.5. The van der Waals surface area contributed by atoms with Gasteiger partial charge in [-0.3, -0.25) is 0 Å². The van der Waals surface area contributed by atoms with E-state index in [0.717, 1.165) is 5.56 Å². The van der Waals surface area contributed by atoms with Crippen LogP contribution in [0.3, 0.4) is 0 Å². The van der Waals surface area contributed by atoms with E-state index in [-0.39, 0.29) is 24.9 Å². The topological polar surface area (TPSA) is 71.5 Å². The molecule has 0 aliphatic heterocycles. The molecule has 0 fully saturated rings. The molecule has 158 valence electrons. The Labute approximate surface area is 180 Å². The van der Waals surface area contributed by atoms with Crippen molar-refractivity contribution in [1.29, 1.82) is 0 Å². The zero-order valence-electron chi connectivity index (χ0n) is 15.7. The van der Waals surface area contributed by atoms with Crippen LogP contribution in [0.2, 0.25) is 0 Å². The van der Waals surface area contributed by atoms with Crippen molar-refractivity contribution in [2.24, 2.45) is 0 Å². The first kappa shape index (κ1) is 22.4. The predicted molar refractivity (Wildman–Crippen MR) is 114 cm³/mol. The van der Waals surface area contributed by atoms with Crippen LogP contribution in [0, 0.1) is 0 Å². The highest BCUT2D eigenvalue weighted by molar-refractivity contribution is 8.04. The lowest BCUT2D eigenvalue weighted by atomic mass is 10.1. The fraction of sp³-hybridized carbons (Fsp3) is 0.143. The monoisotopic (exact) mass is 467 g/mol. The largest absolute Gasteiger partial charge is 0.256 e. The smallest absolute Gasteiger partial charge is 0.241 e. The van der Waals surface area contributed by atoms with Crippen molar-refractivity contribution in [3.8, 4) is 0 Å². The first-order valence-corrected chi connectivity index (χ1v) is 12.3. The summed E-state index contributed by atoms with van der Waals surface area (Å²) in [5, 5.41) is 0. The number of nitrogens with zero attached hydrogens (tertiary/aromatic N) is 1. The van der Waals surface area contributed by atoms with Crippen molar-refractivity contribution in [2.75, 3.05) is 6.54 Å². The summed E-state index contributed by atoms with van der Waals surface area (Å²) in [6.07, 6.45) is -1.87. The molecule has 1 unspecified atom stereocenters. The highest BCUT2D eigenvalue weighted by Crippen LogP contribution is 2.29. The molecule has 0 spiro atoms. The second-order valence-electron chi connectivity index (χ2n) is 6.43. The van der Waals surface area contributed by atoms with Crippen LogP contribution in [-0.4, -0.2) is 27.1 Å². The molecule has 0 radical (unpaired) electrons. The van der Waals surface area contributed by atoms with Gasteiger partial charge in [-0.05, 0) is 35.4 Å². The van der Waals surface area contributed by atoms with Gasteiger partial charge in [0.1, 0.15) is 6.17 Å².